The van der Waals surface area contributed by atoms with Gasteiger partial charge < -0.3 is 14.8 Å². The topological polar surface area (TPSA) is 132 Å². The van der Waals surface area contributed by atoms with E-state index in [1.54, 1.807) is 12.1 Å². The lowest BCUT2D eigenvalue weighted by atomic mass is 10.2. The van der Waals surface area contributed by atoms with Gasteiger partial charge >= 0.3 is 0 Å². The third-order valence-electron chi connectivity index (χ3n) is 3.55. The van der Waals surface area contributed by atoms with Gasteiger partial charge in [-0.15, -0.1) is 0 Å². The molecule has 0 fully saturated rings. The van der Waals surface area contributed by atoms with E-state index in [9.17, 15) is 19.7 Å². The summed E-state index contributed by atoms with van der Waals surface area (Å²) in [5, 5.41) is 16.8. The second-order valence-electron chi connectivity index (χ2n) is 5.39. The monoisotopic (exact) mass is 370 g/mol. The van der Waals surface area contributed by atoms with Crippen LogP contribution in [0.1, 0.15) is 15.9 Å². The average Bonchev–Trinajstić information content (AvgIpc) is 3.14. The molecule has 10 nitrogen and oxygen atoms in total. The van der Waals surface area contributed by atoms with Crippen molar-refractivity contribution in [3.63, 3.8) is 0 Å². The van der Waals surface area contributed by atoms with E-state index in [4.69, 9.17) is 9.47 Å². The zero-order valence-electron chi connectivity index (χ0n) is 13.9. The number of carbonyl (C=O) groups excluding carboxylic acids is 2. The van der Waals surface area contributed by atoms with E-state index in [0.717, 1.165) is 0 Å². The maximum atomic E-state index is 12.1. The zero-order chi connectivity index (χ0) is 19.2. The molecule has 0 aliphatic carbocycles. The van der Waals surface area contributed by atoms with Gasteiger partial charge in [0.1, 0.15) is 0 Å². The Labute approximate surface area is 152 Å². The smallest absolute Gasteiger partial charge is 0.269 e. The molecule has 2 aromatic rings. The standard InChI is InChI=1S/C17H14N4O6/c22-16(20-19-8-11-1-4-13(5-2-11)21(24)25)9-18-17(23)12-3-6-14-15(7-12)27-10-26-14/h1-8H,9-10H2,(H,18,23)(H,20,22)/b19-8-. The van der Waals surface area contributed by atoms with Crippen molar-refractivity contribution < 1.29 is 24.0 Å². The number of hydrogen-bond donors (Lipinski definition) is 2. The number of amides is 2. The van der Waals surface area contributed by atoms with E-state index in [2.05, 4.69) is 15.8 Å². The lowest BCUT2D eigenvalue weighted by Gasteiger charge is -2.05. The van der Waals surface area contributed by atoms with E-state index >= 15 is 0 Å². The van der Waals surface area contributed by atoms with E-state index in [1.807, 2.05) is 0 Å². The maximum absolute atomic E-state index is 12.1. The van der Waals surface area contributed by atoms with Crippen LogP contribution in [-0.4, -0.2) is 36.3 Å². The second-order valence-corrected chi connectivity index (χ2v) is 5.39. The molecule has 0 saturated carbocycles. The van der Waals surface area contributed by atoms with Crippen molar-refractivity contribution in [3.8, 4) is 11.5 Å². The molecule has 2 amide bonds. The fraction of sp³-hybridized carbons (Fsp3) is 0.118. The molecule has 10 heteroatoms. The van der Waals surface area contributed by atoms with E-state index < -0.39 is 16.7 Å². The van der Waals surface area contributed by atoms with Crippen LogP contribution in [0.15, 0.2) is 47.6 Å². The quantitative estimate of drug-likeness (QED) is 0.446. The van der Waals surface area contributed by atoms with Crippen molar-refractivity contribution in [3.05, 3.63) is 63.7 Å². The number of non-ortho nitro benzene ring substituents is 1. The summed E-state index contributed by atoms with van der Waals surface area (Å²) in [5.41, 5.74) is 3.12. The molecule has 1 aliphatic rings. The number of fused-ring (bicyclic) bond motifs is 1. The average molecular weight is 370 g/mol. The van der Waals surface area contributed by atoms with Crippen LogP contribution in [0.25, 0.3) is 0 Å². The van der Waals surface area contributed by atoms with Crippen LogP contribution in [0.3, 0.4) is 0 Å². The molecular weight excluding hydrogens is 356 g/mol. The molecule has 3 rings (SSSR count). The first kappa shape index (κ1) is 17.9. The molecule has 2 N–H and O–H groups in total. The minimum Gasteiger partial charge on any atom is -0.454 e. The van der Waals surface area contributed by atoms with E-state index in [-0.39, 0.29) is 19.0 Å². The predicted octanol–water partition coefficient (Wildman–Crippen LogP) is 1.20. The van der Waals surface area contributed by atoms with Crippen molar-refractivity contribution in [2.75, 3.05) is 13.3 Å². The molecule has 0 saturated heterocycles. The molecule has 0 spiro atoms. The second kappa shape index (κ2) is 7.95. The Bertz CT molecular complexity index is 910. The first-order valence-electron chi connectivity index (χ1n) is 7.77. The van der Waals surface area contributed by atoms with Crippen molar-refractivity contribution in [1.82, 2.24) is 10.7 Å². The van der Waals surface area contributed by atoms with Gasteiger partial charge in [-0.05, 0) is 35.9 Å². The number of rotatable bonds is 6. The Morgan fingerprint density at radius 2 is 1.89 bits per heavy atom. The van der Waals surface area contributed by atoms with Crippen LogP contribution in [0, 0.1) is 10.1 Å². The molecule has 0 bridgehead atoms. The van der Waals surface area contributed by atoms with Crippen LogP contribution in [0.5, 0.6) is 11.5 Å². The largest absolute Gasteiger partial charge is 0.454 e. The molecular formula is C17H14N4O6. The summed E-state index contributed by atoms with van der Waals surface area (Å²) in [6.07, 6.45) is 1.33. The van der Waals surface area contributed by atoms with Crippen molar-refractivity contribution in [2.45, 2.75) is 0 Å². The van der Waals surface area contributed by atoms with Gasteiger partial charge in [0.15, 0.2) is 11.5 Å². The number of hydrogen-bond acceptors (Lipinski definition) is 7. The van der Waals surface area contributed by atoms with Gasteiger partial charge in [-0.2, -0.15) is 5.10 Å². The van der Waals surface area contributed by atoms with Gasteiger partial charge in [0.05, 0.1) is 17.7 Å². The lowest BCUT2D eigenvalue weighted by Crippen LogP contribution is -2.34. The molecule has 1 heterocycles. The Balaban J connectivity index is 1.46. The van der Waals surface area contributed by atoms with Gasteiger partial charge in [-0.25, -0.2) is 5.43 Å². The third-order valence-corrected chi connectivity index (χ3v) is 3.55. The summed E-state index contributed by atoms with van der Waals surface area (Å²) < 4.78 is 10.4. The normalized spacial score (nSPS) is 12.0. The molecule has 0 aromatic heterocycles. The Hall–Kier alpha value is -3.95. The van der Waals surface area contributed by atoms with Crippen molar-refractivity contribution >= 4 is 23.7 Å². The van der Waals surface area contributed by atoms with Crippen LogP contribution in [-0.2, 0) is 4.79 Å². The highest BCUT2D eigenvalue weighted by molar-refractivity contribution is 5.97. The number of hydrazone groups is 1. The first-order valence-corrected chi connectivity index (χ1v) is 7.77. The van der Waals surface area contributed by atoms with Crippen LogP contribution in [0.4, 0.5) is 5.69 Å². The highest BCUT2D eigenvalue weighted by Crippen LogP contribution is 2.32. The third kappa shape index (κ3) is 4.57. The summed E-state index contributed by atoms with van der Waals surface area (Å²) in [6.45, 7) is -0.166. The van der Waals surface area contributed by atoms with Crippen molar-refractivity contribution in [2.24, 2.45) is 5.10 Å². The van der Waals surface area contributed by atoms with Gasteiger partial charge in [-0.3, -0.25) is 19.7 Å². The summed E-state index contributed by atoms with van der Waals surface area (Å²) in [6, 6.07) is 10.4. The summed E-state index contributed by atoms with van der Waals surface area (Å²) >= 11 is 0. The molecule has 138 valence electrons. The Kier molecular flexibility index (Phi) is 5.26. The number of nitrogens with one attached hydrogen (secondary N) is 2. The number of benzene rings is 2. The van der Waals surface area contributed by atoms with Crippen LogP contribution >= 0.6 is 0 Å². The number of nitrogens with zero attached hydrogens (tertiary/aromatic N) is 2. The molecule has 1 aliphatic heterocycles. The molecule has 2 aromatic carbocycles. The number of nitro benzene ring substituents is 1. The summed E-state index contributed by atoms with van der Waals surface area (Å²) in [4.78, 5) is 33.8. The summed E-state index contributed by atoms with van der Waals surface area (Å²) in [5.74, 6) is 0.0646. The predicted molar refractivity (Wildman–Crippen MR) is 93.7 cm³/mol. The Morgan fingerprint density at radius 1 is 1.15 bits per heavy atom. The van der Waals surface area contributed by atoms with Crippen LogP contribution < -0.4 is 20.2 Å². The summed E-state index contributed by atoms with van der Waals surface area (Å²) in [7, 11) is 0. The molecule has 0 atom stereocenters. The zero-order valence-corrected chi connectivity index (χ0v) is 13.9. The van der Waals surface area contributed by atoms with Gasteiger partial charge in [0.25, 0.3) is 17.5 Å². The van der Waals surface area contributed by atoms with Gasteiger partial charge in [-0.1, -0.05) is 0 Å². The minimum atomic E-state index is -0.526. The maximum Gasteiger partial charge on any atom is 0.269 e. The first-order chi connectivity index (χ1) is 13.0. The number of nitro groups is 1. The number of carbonyl (C=O) groups is 2. The highest BCUT2D eigenvalue weighted by Gasteiger charge is 2.16. The minimum absolute atomic E-state index is 0.0394. The van der Waals surface area contributed by atoms with Gasteiger partial charge in [0, 0.05) is 17.7 Å². The molecule has 0 radical (unpaired) electrons. The van der Waals surface area contributed by atoms with E-state index in [0.29, 0.717) is 22.6 Å². The SMILES string of the molecule is O=C(CNC(=O)c1ccc2c(c1)OCO2)N/N=C\c1ccc([N+](=O)[O-])cc1. The molecule has 0 unspecified atom stereocenters. The van der Waals surface area contributed by atoms with Gasteiger partial charge in [0.2, 0.25) is 6.79 Å². The Morgan fingerprint density at radius 3 is 2.63 bits per heavy atom. The fourth-order valence-corrected chi connectivity index (χ4v) is 2.20. The van der Waals surface area contributed by atoms with E-state index in [1.165, 1.54) is 36.5 Å². The van der Waals surface area contributed by atoms with Crippen LogP contribution in [0.2, 0.25) is 0 Å². The van der Waals surface area contributed by atoms with Crippen molar-refractivity contribution in [1.29, 1.82) is 0 Å². The molecule has 27 heavy (non-hydrogen) atoms. The fourth-order valence-electron chi connectivity index (χ4n) is 2.20. The highest BCUT2D eigenvalue weighted by atomic mass is 16.7. The lowest BCUT2D eigenvalue weighted by molar-refractivity contribution is -0.384. The number of ether oxygens (including phenoxy) is 2.